The van der Waals surface area contributed by atoms with Gasteiger partial charge in [-0.2, -0.15) is 0 Å². The highest BCUT2D eigenvalue weighted by Gasteiger charge is 2.33. The number of ether oxygens (including phenoxy) is 3. The Kier molecular flexibility index (Phi) is 3.30. The maximum absolute atomic E-state index is 5.42. The predicted octanol–water partition coefficient (Wildman–Crippen LogP) is 1.38. The maximum Gasteiger partial charge on any atom is 0.163 e. The SMILES string of the molecule is CCC1CC(OC)OC1OC. The van der Waals surface area contributed by atoms with E-state index < -0.39 is 0 Å². The van der Waals surface area contributed by atoms with Crippen LogP contribution >= 0.6 is 0 Å². The molecule has 1 aliphatic rings. The van der Waals surface area contributed by atoms with Gasteiger partial charge in [-0.15, -0.1) is 0 Å². The molecule has 0 aromatic rings. The summed E-state index contributed by atoms with van der Waals surface area (Å²) in [5.41, 5.74) is 0. The predicted molar refractivity (Wildman–Crippen MR) is 41.1 cm³/mol. The summed E-state index contributed by atoms with van der Waals surface area (Å²) in [5.74, 6) is 0.491. The minimum atomic E-state index is -0.0649. The normalized spacial score (nSPS) is 37.9. The molecule has 3 atom stereocenters. The first-order chi connectivity index (χ1) is 5.31. The Bertz CT molecular complexity index is 104. The van der Waals surface area contributed by atoms with Crippen molar-refractivity contribution >= 4 is 0 Å². The lowest BCUT2D eigenvalue weighted by Crippen LogP contribution is -2.18. The monoisotopic (exact) mass is 160 g/mol. The van der Waals surface area contributed by atoms with Gasteiger partial charge in [-0.25, -0.2) is 0 Å². The number of rotatable bonds is 3. The van der Waals surface area contributed by atoms with Gasteiger partial charge in [-0.1, -0.05) is 6.92 Å². The fraction of sp³-hybridized carbons (Fsp3) is 1.00. The van der Waals surface area contributed by atoms with Crippen LogP contribution in [0.3, 0.4) is 0 Å². The van der Waals surface area contributed by atoms with Crippen molar-refractivity contribution in [3.8, 4) is 0 Å². The molecule has 1 aliphatic heterocycles. The maximum atomic E-state index is 5.42. The average molecular weight is 160 g/mol. The molecule has 1 fully saturated rings. The third kappa shape index (κ3) is 1.92. The highest BCUT2D eigenvalue weighted by Crippen LogP contribution is 2.29. The van der Waals surface area contributed by atoms with E-state index in [0.717, 1.165) is 12.8 Å². The van der Waals surface area contributed by atoms with E-state index in [1.807, 2.05) is 0 Å². The molecule has 66 valence electrons. The zero-order valence-corrected chi connectivity index (χ0v) is 7.37. The van der Waals surface area contributed by atoms with Crippen LogP contribution in [0.5, 0.6) is 0 Å². The van der Waals surface area contributed by atoms with E-state index >= 15 is 0 Å². The molecule has 0 N–H and O–H groups in total. The highest BCUT2D eigenvalue weighted by molar-refractivity contribution is 4.70. The number of hydrogen-bond donors (Lipinski definition) is 0. The molecule has 0 bridgehead atoms. The zero-order chi connectivity index (χ0) is 8.27. The second-order valence-electron chi connectivity index (χ2n) is 2.81. The van der Waals surface area contributed by atoms with Crippen molar-refractivity contribution in [2.24, 2.45) is 5.92 Å². The van der Waals surface area contributed by atoms with Crippen LogP contribution in [-0.2, 0) is 14.2 Å². The Labute approximate surface area is 67.6 Å². The van der Waals surface area contributed by atoms with Crippen LogP contribution < -0.4 is 0 Å². The quantitative estimate of drug-likeness (QED) is 0.624. The van der Waals surface area contributed by atoms with Crippen molar-refractivity contribution < 1.29 is 14.2 Å². The van der Waals surface area contributed by atoms with E-state index in [1.54, 1.807) is 14.2 Å². The smallest absolute Gasteiger partial charge is 0.163 e. The van der Waals surface area contributed by atoms with Crippen molar-refractivity contribution in [2.75, 3.05) is 14.2 Å². The highest BCUT2D eigenvalue weighted by atomic mass is 16.8. The summed E-state index contributed by atoms with van der Waals surface area (Å²) in [6.45, 7) is 2.14. The van der Waals surface area contributed by atoms with Gasteiger partial charge in [-0.05, 0) is 6.42 Å². The summed E-state index contributed by atoms with van der Waals surface area (Å²) in [5, 5.41) is 0. The molecule has 0 radical (unpaired) electrons. The molecule has 0 aromatic heterocycles. The fourth-order valence-electron chi connectivity index (χ4n) is 1.43. The number of methoxy groups -OCH3 is 2. The lowest BCUT2D eigenvalue weighted by Gasteiger charge is -2.13. The van der Waals surface area contributed by atoms with Crippen LogP contribution in [-0.4, -0.2) is 26.8 Å². The molecular formula is C8H16O3. The van der Waals surface area contributed by atoms with Crippen molar-refractivity contribution in [1.82, 2.24) is 0 Å². The van der Waals surface area contributed by atoms with E-state index in [-0.39, 0.29) is 12.6 Å². The second-order valence-corrected chi connectivity index (χ2v) is 2.81. The van der Waals surface area contributed by atoms with E-state index in [0.29, 0.717) is 5.92 Å². The van der Waals surface area contributed by atoms with Crippen LogP contribution in [0.15, 0.2) is 0 Å². The third-order valence-corrected chi connectivity index (χ3v) is 2.19. The van der Waals surface area contributed by atoms with Crippen LogP contribution in [0, 0.1) is 5.92 Å². The topological polar surface area (TPSA) is 27.7 Å². The van der Waals surface area contributed by atoms with E-state index in [4.69, 9.17) is 14.2 Å². The Balaban J connectivity index is 2.41. The summed E-state index contributed by atoms with van der Waals surface area (Å²) in [4.78, 5) is 0. The Morgan fingerprint density at radius 1 is 1.36 bits per heavy atom. The van der Waals surface area contributed by atoms with Gasteiger partial charge in [0.1, 0.15) is 0 Å². The van der Waals surface area contributed by atoms with Gasteiger partial charge in [0.2, 0.25) is 0 Å². The van der Waals surface area contributed by atoms with Crippen LogP contribution in [0.4, 0.5) is 0 Å². The average Bonchev–Trinajstić information content (AvgIpc) is 2.46. The summed E-state index contributed by atoms with van der Waals surface area (Å²) in [7, 11) is 3.33. The summed E-state index contributed by atoms with van der Waals surface area (Å²) < 4.78 is 15.6. The lowest BCUT2D eigenvalue weighted by molar-refractivity contribution is -0.193. The van der Waals surface area contributed by atoms with Gasteiger partial charge >= 0.3 is 0 Å². The first kappa shape index (κ1) is 8.97. The van der Waals surface area contributed by atoms with Crippen molar-refractivity contribution in [3.63, 3.8) is 0 Å². The van der Waals surface area contributed by atoms with Gasteiger partial charge in [0.25, 0.3) is 0 Å². The molecule has 1 saturated heterocycles. The van der Waals surface area contributed by atoms with Gasteiger partial charge < -0.3 is 14.2 Å². The second kappa shape index (κ2) is 4.04. The molecule has 1 rings (SSSR count). The van der Waals surface area contributed by atoms with Crippen LogP contribution in [0.25, 0.3) is 0 Å². The standard InChI is InChI=1S/C8H16O3/c1-4-6-5-7(9-2)11-8(6)10-3/h6-8H,4-5H2,1-3H3. The van der Waals surface area contributed by atoms with Gasteiger partial charge in [-0.3, -0.25) is 0 Å². The molecule has 1 heterocycles. The van der Waals surface area contributed by atoms with Crippen LogP contribution in [0.2, 0.25) is 0 Å². The summed E-state index contributed by atoms with van der Waals surface area (Å²) in [6.07, 6.45) is 1.90. The molecule has 0 aliphatic carbocycles. The van der Waals surface area contributed by atoms with E-state index in [9.17, 15) is 0 Å². The van der Waals surface area contributed by atoms with Gasteiger partial charge in [0.05, 0.1) is 0 Å². The molecule has 0 aromatic carbocycles. The molecule has 3 heteroatoms. The first-order valence-corrected chi connectivity index (χ1v) is 4.02. The minimum Gasteiger partial charge on any atom is -0.356 e. The van der Waals surface area contributed by atoms with Gasteiger partial charge in [0, 0.05) is 26.6 Å². The lowest BCUT2D eigenvalue weighted by atomic mass is 10.0. The largest absolute Gasteiger partial charge is 0.356 e. The molecule has 3 unspecified atom stereocenters. The van der Waals surface area contributed by atoms with Crippen LogP contribution in [0.1, 0.15) is 19.8 Å². The van der Waals surface area contributed by atoms with E-state index in [1.165, 1.54) is 0 Å². The Hall–Kier alpha value is -0.120. The molecule has 0 amide bonds. The Morgan fingerprint density at radius 2 is 2.09 bits per heavy atom. The summed E-state index contributed by atoms with van der Waals surface area (Å²) >= 11 is 0. The van der Waals surface area contributed by atoms with Crippen molar-refractivity contribution in [3.05, 3.63) is 0 Å². The Morgan fingerprint density at radius 3 is 2.45 bits per heavy atom. The molecule has 0 spiro atoms. The third-order valence-electron chi connectivity index (χ3n) is 2.19. The molecular weight excluding hydrogens is 144 g/mol. The van der Waals surface area contributed by atoms with Gasteiger partial charge in [0.15, 0.2) is 12.6 Å². The van der Waals surface area contributed by atoms with Crippen molar-refractivity contribution in [1.29, 1.82) is 0 Å². The zero-order valence-electron chi connectivity index (χ0n) is 7.37. The first-order valence-electron chi connectivity index (χ1n) is 4.02. The number of hydrogen-bond acceptors (Lipinski definition) is 3. The van der Waals surface area contributed by atoms with Crippen molar-refractivity contribution in [2.45, 2.75) is 32.3 Å². The molecule has 0 saturated carbocycles. The fourth-order valence-corrected chi connectivity index (χ4v) is 1.43. The summed E-state index contributed by atoms with van der Waals surface area (Å²) in [6, 6.07) is 0. The molecule has 3 nitrogen and oxygen atoms in total. The molecule has 11 heavy (non-hydrogen) atoms. The van der Waals surface area contributed by atoms with E-state index in [2.05, 4.69) is 6.92 Å². The minimum absolute atomic E-state index is 0.0649.